The van der Waals surface area contributed by atoms with Crippen molar-refractivity contribution in [3.63, 3.8) is 0 Å². The molecule has 2 bridgehead atoms. The summed E-state index contributed by atoms with van der Waals surface area (Å²) in [6, 6.07) is 0. The van der Waals surface area contributed by atoms with Crippen molar-refractivity contribution in [1.82, 2.24) is 0 Å². The highest BCUT2D eigenvalue weighted by Crippen LogP contribution is 2.59. The Kier molecular flexibility index (Phi) is 1.27. The van der Waals surface area contributed by atoms with Gasteiger partial charge in [-0.2, -0.15) is 0 Å². The van der Waals surface area contributed by atoms with Crippen molar-refractivity contribution in [1.29, 1.82) is 0 Å². The number of methoxy groups -OCH3 is 1. The molecule has 4 unspecified atom stereocenters. The lowest BCUT2D eigenvalue weighted by Gasteiger charge is -2.35. The van der Waals surface area contributed by atoms with Crippen molar-refractivity contribution < 1.29 is 4.74 Å². The molecule has 0 aromatic rings. The van der Waals surface area contributed by atoms with E-state index in [0.717, 1.165) is 17.8 Å². The molecule has 0 aromatic heterocycles. The molecular weight excluding hydrogens is 148 g/mol. The predicted octanol–water partition coefficient (Wildman–Crippen LogP) is 2.38. The average Bonchev–Trinajstić information content (AvgIpc) is 2.76. The number of hydrogen-bond donors (Lipinski definition) is 0. The van der Waals surface area contributed by atoms with Crippen molar-refractivity contribution >= 4 is 0 Å². The molecule has 1 nitrogen and oxygen atoms in total. The van der Waals surface area contributed by atoms with E-state index in [4.69, 9.17) is 4.74 Å². The largest absolute Gasteiger partial charge is 0.377 e. The van der Waals surface area contributed by atoms with Crippen molar-refractivity contribution in [3.05, 3.63) is 12.2 Å². The second kappa shape index (κ2) is 2.14. The third-order valence-corrected chi connectivity index (χ3v) is 4.35. The molecule has 3 aliphatic rings. The molecule has 0 heterocycles. The highest BCUT2D eigenvalue weighted by Gasteiger charge is 2.58. The van der Waals surface area contributed by atoms with Gasteiger partial charge in [0.2, 0.25) is 0 Å². The zero-order chi connectivity index (χ0) is 8.18. The maximum absolute atomic E-state index is 5.81. The normalized spacial score (nSPS) is 54.9. The van der Waals surface area contributed by atoms with Crippen molar-refractivity contribution in [2.75, 3.05) is 7.11 Å². The van der Waals surface area contributed by atoms with E-state index in [-0.39, 0.29) is 5.60 Å². The fourth-order valence-electron chi connectivity index (χ4n) is 3.86. The Hall–Kier alpha value is -0.300. The molecule has 0 amide bonds. The molecule has 0 aliphatic heterocycles. The molecule has 66 valence electrons. The van der Waals surface area contributed by atoms with Crippen LogP contribution in [0.2, 0.25) is 0 Å². The molecule has 0 radical (unpaired) electrons. The maximum Gasteiger partial charge on any atom is 0.0774 e. The lowest BCUT2D eigenvalue weighted by Crippen LogP contribution is -2.39. The highest BCUT2D eigenvalue weighted by atomic mass is 16.5. The van der Waals surface area contributed by atoms with Gasteiger partial charge in [0.1, 0.15) is 0 Å². The van der Waals surface area contributed by atoms with E-state index < -0.39 is 0 Å². The number of rotatable bonds is 1. The van der Waals surface area contributed by atoms with E-state index in [1.807, 2.05) is 7.11 Å². The summed E-state index contributed by atoms with van der Waals surface area (Å²) in [4.78, 5) is 0. The van der Waals surface area contributed by atoms with Crippen LogP contribution in [-0.2, 0) is 4.74 Å². The van der Waals surface area contributed by atoms with E-state index in [2.05, 4.69) is 12.2 Å². The van der Waals surface area contributed by atoms with Crippen molar-refractivity contribution in [3.8, 4) is 0 Å². The van der Waals surface area contributed by atoms with Crippen LogP contribution in [0.15, 0.2) is 12.2 Å². The topological polar surface area (TPSA) is 9.23 Å². The lowest BCUT2D eigenvalue weighted by atomic mass is 9.81. The van der Waals surface area contributed by atoms with Gasteiger partial charge in [-0.3, -0.25) is 0 Å². The molecule has 2 saturated carbocycles. The van der Waals surface area contributed by atoms with Crippen LogP contribution in [0.3, 0.4) is 0 Å². The van der Waals surface area contributed by atoms with Gasteiger partial charge in [-0.15, -0.1) is 0 Å². The molecule has 3 aliphatic carbocycles. The number of allylic oxidation sites excluding steroid dienone is 1. The minimum absolute atomic E-state index is 0.277. The number of fused-ring (bicyclic) bond motifs is 5. The number of hydrogen-bond acceptors (Lipinski definition) is 1. The van der Waals surface area contributed by atoms with Crippen molar-refractivity contribution in [2.45, 2.75) is 31.3 Å². The maximum atomic E-state index is 5.81. The van der Waals surface area contributed by atoms with Gasteiger partial charge in [0.05, 0.1) is 5.60 Å². The van der Waals surface area contributed by atoms with Gasteiger partial charge in [-0.05, 0) is 31.1 Å². The Bertz CT molecular complexity index is 233. The lowest BCUT2D eigenvalue weighted by molar-refractivity contribution is -0.0524. The van der Waals surface area contributed by atoms with E-state index in [1.165, 1.54) is 25.7 Å². The van der Waals surface area contributed by atoms with Gasteiger partial charge in [0, 0.05) is 13.0 Å². The summed E-state index contributed by atoms with van der Waals surface area (Å²) in [6.45, 7) is 0. The standard InChI is InChI=1S/C11H16O/c1-12-11-6-2-3-10(11)8-4-5-9(11)7-8/h4-5,8-10H,2-3,6-7H2,1H3. The summed E-state index contributed by atoms with van der Waals surface area (Å²) in [7, 11) is 1.91. The van der Waals surface area contributed by atoms with E-state index in [1.54, 1.807) is 0 Å². The fraction of sp³-hybridized carbons (Fsp3) is 0.818. The fourth-order valence-corrected chi connectivity index (χ4v) is 3.86. The summed E-state index contributed by atoms with van der Waals surface area (Å²) in [5, 5.41) is 0. The van der Waals surface area contributed by atoms with Crippen LogP contribution in [0, 0.1) is 17.8 Å². The highest BCUT2D eigenvalue weighted by molar-refractivity contribution is 5.22. The van der Waals surface area contributed by atoms with Crippen LogP contribution in [0.4, 0.5) is 0 Å². The zero-order valence-electron chi connectivity index (χ0n) is 7.62. The van der Waals surface area contributed by atoms with Crippen LogP contribution in [0.5, 0.6) is 0 Å². The molecular formula is C11H16O. The molecule has 0 N–H and O–H groups in total. The first-order chi connectivity index (χ1) is 5.87. The third kappa shape index (κ3) is 0.610. The Morgan fingerprint density at radius 1 is 1.42 bits per heavy atom. The van der Waals surface area contributed by atoms with Crippen LogP contribution in [0.1, 0.15) is 25.7 Å². The second-order valence-corrected chi connectivity index (χ2v) is 4.55. The Balaban J connectivity index is 2.03. The molecule has 0 saturated heterocycles. The van der Waals surface area contributed by atoms with Gasteiger partial charge in [0.25, 0.3) is 0 Å². The van der Waals surface area contributed by atoms with E-state index >= 15 is 0 Å². The quantitative estimate of drug-likeness (QED) is 0.541. The predicted molar refractivity (Wildman–Crippen MR) is 47.8 cm³/mol. The minimum atomic E-state index is 0.277. The van der Waals surface area contributed by atoms with Crippen LogP contribution >= 0.6 is 0 Å². The Morgan fingerprint density at radius 2 is 2.33 bits per heavy atom. The van der Waals surface area contributed by atoms with Gasteiger partial charge in [-0.1, -0.05) is 18.6 Å². The van der Waals surface area contributed by atoms with Gasteiger partial charge in [0.15, 0.2) is 0 Å². The smallest absolute Gasteiger partial charge is 0.0774 e. The monoisotopic (exact) mass is 164 g/mol. The summed E-state index contributed by atoms with van der Waals surface area (Å²) in [6.07, 6.45) is 10.3. The molecule has 1 heteroatoms. The van der Waals surface area contributed by atoms with Gasteiger partial charge in [-0.25, -0.2) is 0 Å². The first-order valence-electron chi connectivity index (χ1n) is 5.10. The van der Waals surface area contributed by atoms with E-state index in [9.17, 15) is 0 Å². The summed E-state index contributed by atoms with van der Waals surface area (Å²) in [5.74, 6) is 2.47. The summed E-state index contributed by atoms with van der Waals surface area (Å²) < 4.78 is 5.81. The molecule has 2 fully saturated rings. The molecule has 0 spiro atoms. The molecule has 0 aromatic carbocycles. The van der Waals surface area contributed by atoms with Gasteiger partial charge >= 0.3 is 0 Å². The zero-order valence-corrected chi connectivity index (χ0v) is 7.62. The summed E-state index contributed by atoms with van der Waals surface area (Å²) in [5.41, 5.74) is 0.277. The van der Waals surface area contributed by atoms with Crippen LogP contribution in [-0.4, -0.2) is 12.7 Å². The Labute approximate surface area is 73.8 Å². The molecule has 3 rings (SSSR count). The molecule has 4 atom stereocenters. The third-order valence-electron chi connectivity index (χ3n) is 4.35. The first kappa shape index (κ1) is 7.14. The Morgan fingerprint density at radius 3 is 3.08 bits per heavy atom. The van der Waals surface area contributed by atoms with Crippen molar-refractivity contribution in [2.24, 2.45) is 17.8 Å². The van der Waals surface area contributed by atoms with E-state index in [0.29, 0.717) is 0 Å². The molecule has 12 heavy (non-hydrogen) atoms. The minimum Gasteiger partial charge on any atom is -0.377 e. The first-order valence-corrected chi connectivity index (χ1v) is 5.10. The van der Waals surface area contributed by atoms with Crippen LogP contribution < -0.4 is 0 Å². The second-order valence-electron chi connectivity index (χ2n) is 4.55. The van der Waals surface area contributed by atoms with Crippen LogP contribution in [0.25, 0.3) is 0 Å². The number of ether oxygens (including phenoxy) is 1. The average molecular weight is 164 g/mol. The summed E-state index contributed by atoms with van der Waals surface area (Å²) >= 11 is 0. The SMILES string of the molecule is COC12CCCC1C1C=CC2C1. The van der Waals surface area contributed by atoms with Gasteiger partial charge < -0.3 is 4.74 Å².